The van der Waals surface area contributed by atoms with Gasteiger partial charge < -0.3 is 10.3 Å². The number of rotatable bonds is 2. The van der Waals surface area contributed by atoms with Crippen LogP contribution < -0.4 is 5.73 Å². The molecule has 0 unspecified atom stereocenters. The molecule has 3 heterocycles. The number of nitrogens with one attached hydrogen (secondary N) is 1. The molecule has 3 aromatic heterocycles. The second kappa shape index (κ2) is 4.18. The highest BCUT2D eigenvalue weighted by molar-refractivity contribution is 9.10. The third-order valence-corrected chi connectivity index (χ3v) is 2.53. The molecule has 0 bridgehead atoms. The summed E-state index contributed by atoms with van der Waals surface area (Å²) in [6, 6.07) is 1.83. The summed E-state index contributed by atoms with van der Waals surface area (Å²) in [6.07, 6.45) is 3.30. The molecule has 0 amide bonds. The van der Waals surface area contributed by atoms with Gasteiger partial charge in [0.05, 0.1) is 0 Å². The standard InChI is InChI=1S/C9H6BrN7O/c10-5-1-4(2-12-3-5)6-13-8(18-17-6)7-14-9(11)16-15-7/h1-3H,(H3,11,14,15,16). The molecule has 90 valence electrons. The molecule has 0 aliphatic heterocycles. The molecule has 0 aliphatic carbocycles. The minimum absolute atomic E-state index is 0.119. The van der Waals surface area contributed by atoms with Crippen LogP contribution in [-0.2, 0) is 0 Å². The van der Waals surface area contributed by atoms with E-state index in [-0.39, 0.29) is 11.8 Å². The Kier molecular flexibility index (Phi) is 2.52. The normalized spacial score (nSPS) is 10.7. The number of halogens is 1. The third kappa shape index (κ3) is 1.95. The fourth-order valence-electron chi connectivity index (χ4n) is 1.34. The Morgan fingerprint density at radius 1 is 1.28 bits per heavy atom. The number of hydrogen-bond donors (Lipinski definition) is 2. The van der Waals surface area contributed by atoms with Gasteiger partial charge in [-0.25, -0.2) is 0 Å². The van der Waals surface area contributed by atoms with Crippen molar-refractivity contribution in [2.75, 3.05) is 5.73 Å². The van der Waals surface area contributed by atoms with Crippen LogP contribution in [0.2, 0.25) is 0 Å². The number of anilines is 1. The molecular weight excluding hydrogens is 302 g/mol. The zero-order valence-corrected chi connectivity index (χ0v) is 10.4. The van der Waals surface area contributed by atoms with Gasteiger partial charge in [0.25, 0.3) is 5.89 Å². The maximum Gasteiger partial charge on any atom is 0.295 e. The molecule has 0 aliphatic rings. The van der Waals surface area contributed by atoms with Crippen molar-refractivity contribution in [2.24, 2.45) is 0 Å². The van der Waals surface area contributed by atoms with Crippen LogP contribution in [0.5, 0.6) is 0 Å². The summed E-state index contributed by atoms with van der Waals surface area (Å²) in [7, 11) is 0. The topological polar surface area (TPSA) is 119 Å². The SMILES string of the molecule is Nc1n[nH]c(-c2nc(-c3cncc(Br)c3)no2)n1. The van der Waals surface area contributed by atoms with Gasteiger partial charge >= 0.3 is 0 Å². The Hall–Kier alpha value is -2.29. The van der Waals surface area contributed by atoms with Gasteiger partial charge in [0.1, 0.15) is 0 Å². The highest BCUT2D eigenvalue weighted by Crippen LogP contribution is 2.21. The summed E-state index contributed by atoms with van der Waals surface area (Å²) in [5.41, 5.74) is 6.12. The molecular formula is C9H6BrN7O. The second-order valence-electron chi connectivity index (χ2n) is 3.36. The number of nitrogens with zero attached hydrogens (tertiary/aromatic N) is 5. The minimum Gasteiger partial charge on any atom is -0.366 e. The van der Waals surface area contributed by atoms with Gasteiger partial charge in [0.15, 0.2) is 0 Å². The number of nitrogen functional groups attached to an aromatic ring is 1. The Balaban J connectivity index is 1.99. The van der Waals surface area contributed by atoms with Gasteiger partial charge in [-0.05, 0) is 22.0 Å². The van der Waals surface area contributed by atoms with Crippen molar-refractivity contribution in [1.82, 2.24) is 30.3 Å². The predicted octanol–water partition coefficient (Wildman–Crippen LogP) is 1.26. The van der Waals surface area contributed by atoms with E-state index in [1.54, 1.807) is 12.4 Å². The first-order chi connectivity index (χ1) is 8.72. The lowest BCUT2D eigenvalue weighted by Gasteiger charge is -1.92. The Labute approximate surface area is 109 Å². The van der Waals surface area contributed by atoms with Crippen molar-refractivity contribution >= 4 is 21.9 Å². The van der Waals surface area contributed by atoms with Crippen LogP contribution >= 0.6 is 15.9 Å². The molecule has 18 heavy (non-hydrogen) atoms. The first kappa shape index (κ1) is 10.8. The van der Waals surface area contributed by atoms with Crippen molar-refractivity contribution in [3.05, 3.63) is 22.9 Å². The average molecular weight is 308 g/mol. The summed E-state index contributed by atoms with van der Waals surface area (Å²) in [6.45, 7) is 0. The molecule has 0 fully saturated rings. The average Bonchev–Trinajstić information content (AvgIpc) is 2.97. The van der Waals surface area contributed by atoms with Gasteiger partial charge in [-0.1, -0.05) is 5.16 Å². The number of H-pyrrole nitrogens is 1. The van der Waals surface area contributed by atoms with Crippen LogP contribution in [0, 0.1) is 0 Å². The van der Waals surface area contributed by atoms with Gasteiger partial charge in [-0.3, -0.25) is 10.1 Å². The summed E-state index contributed by atoms with van der Waals surface area (Å²) in [4.78, 5) is 12.1. The number of aromatic nitrogens is 6. The Morgan fingerprint density at radius 3 is 2.89 bits per heavy atom. The van der Waals surface area contributed by atoms with Crippen LogP contribution in [0.3, 0.4) is 0 Å². The van der Waals surface area contributed by atoms with Crippen molar-refractivity contribution in [2.45, 2.75) is 0 Å². The summed E-state index contributed by atoms with van der Waals surface area (Å²) < 4.78 is 5.89. The van der Waals surface area contributed by atoms with Crippen LogP contribution in [-0.4, -0.2) is 30.3 Å². The van der Waals surface area contributed by atoms with E-state index < -0.39 is 0 Å². The monoisotopic (exact) mass is 307 g/mol. The second-order valence-corrected chi connectivity index (χ2v) is 4.27. The largest absolute Gasteiger partial charge is 0.366 e. The molecule has 3 aromatic rings. The van der Waals surface area contributed by atoms with Crippen LogP contribution in [0.4, 0.5) is 5.95 Å². The van der Waals surface area contributed by atoms with E-state index in [1.807, 2.05) is 6.07 Å². The lowest BCUT2D eigenvalue weighted by molar-refractivity contribution is 0.429. The fraction of sp³-hybridized carbons (Fsp3) is 0. The molecule has 9 heteroatoms. The molecule has 3 N–H and O–H groups in total. The number of pyridine rings is 1. The number of hydrogen-bond acceptors (Lipinski definition) is 7. The van der Waals surface area contributed by atoms with E-state index in [2.05, 4.69) is 46.2 Å². The Morgan fingerprint density at radius 2 is 2.17 bits per heavy atom. The van der Waals surface area contributed by atoms with Crippen LogP contribution in [0.15, 0.2) is 27.5 Å². The summed E-state index contributed by atoms with van der Waals surface area (Å²) in [5, 5.41) is 10.1. The van der Waals surface area contributed by atoms with Crippen LogP contribution in [0.25, 0.3) is 23.1 Å². The molecule has 0 radical (unpaired) electrons. The van der Waals surface area contributed by atoms with E-state index >= 15 is 0 Å². The summed E-state index contributed by atoms with van der Waals surface area (Å²) >= 11 is 3.32. The van der Waals surface area contributed by atoms with E-state index in [0.717, 1.165) is 10.0 Å². The minimum atomic E-state index is 0.119. The number of nitrogens with two attached hydrogens (primary N) is 1. The molecule has 0 aromatic carbocycles. The third-order valence-electron chi connectivity index (χ3n) is 2.09. The first-order valence-electron chi connectivity index (χ1n) is 4.85. The molecule has 0 saturated heterocycles. The highest BCUT2D eigenvalue weighted by atomic mass is 79.9. The van der Waals surface area contributed by atoms with Gasteiger partial charge in [0, 0.05) is 22.4 Å². The smallest absolute Gasteiger partial charge is 0.295 e. The lowest BCUT2D eigenvalue weighted by Crippen LogP contribution is -1.86. The molecule has 0 spiro atoms. The highest BCUT2D eigenvalue weighted by Gasteiger charge is 2.14. The zero-order chi connectivity index (χ0) is 12.5. The zero-order valence-electron chi connectivity index (χ0n) is 8.83. The van der Waals surface area contributed by atoms with Gasteiger partial charge in [-0.15, -0.1) is 5.10 Å². The maximum absolute atomic E-state index is 5.39. The van der Waals surface area contributed by atoms with Crippen molar-refractivity contribution < 1.29 is 4.52 Å². The first-order valence-corrected chi connectivity index (χ1v) is 5.64. The van der Waals surface area contributed by atoms with E-state index in [9.17, 15) is 0 Å². The maximum atomic E-state index is 5.39. The fourth-order valence-corrected chi connectivity index (χ4v) is 1.71. The van der Waals surface area contributed by atoms with Gasteiger partial charge in [-0.2, -0.15) is 9.97 Å². The molecule has 0 saturated carbocycles. The molecule has 8 nitrogen and oxygen atoms in total. The van der Waals surface area contributed by atoms with Crippen molar-refractivity contribution in [3.63, 3.8) is 0 Å². The van der Waals surface area contributed by atoms with E-state index in [0.29, 0.717) is 11.6 Å². The summed E-state index contributed by atoms with van der Waals surface area (Å²) in [5.74, 6) is 1.08. The molecule has 0 atom stereocenters. The molecule has 3 rings (SSSR count). The van der Waals surface area contributed by atoms with E-state index in [1.165, 1.54) is 0 Å². The van der Waals surface area contributed by atoms with Crippen molar-refractivity contribution in [1.29, 1.82) is 0 Å². The van der Waals surface area contributed by atoms with Crippen LogP contribution in [0.1, 0.15) is 0 Å². The number of aromatic amines is 1. The van der Waals surface area contributed by atoms with E-state index in [4.69, 9.17) is 10.3 Å². The van der Waals surface area contributed by atoms with Crippen molar-refractivity contribution in [3.8, 4) is 23.1 Å². The predicted molar refractivity (Wildman–Crippen MR) is 65.0 cm³/mol. The van der Waals surface area contributed by atoms with Gasteiger partial charge in [0.2, 0.25) is 17.6 Å². The lowest BCUT2D eigenvalue weighted by atomic mass is 10.3. The quantitative estimate of drug-likeness (QED) is 0.731. The Bertz CT molecular complexity index is 692.